The summed E-state index contributed by atoms with van der Waals surface area (Å²) >= 11 is 0. The Morgan fingerprint density at radius 2 is 2.06 bits per heavy atom. The predicted molar refractivity (Wildman–Crippen MR) is 63.1 cm³/mol. The van der Waals surface area contributed by atoms with E-state index in [4.69, 9.17) is 5.73 Å². The fraction of sp³-hybridized carbons (Fsp3) is 0.700. The molecule has 1 aromatic heterocycles. The van der Waals surface area contributed by atoms with Crippen molar-refractivity contribution < 1.29 is 10.2 Å². The van der Waals surface area contributed by atoms with Crippen molar-refractivity contribution in [3.8, 4) is 0 Å². The second-order valence-corrected chi connectivity index (χ2v) is 4.24. The van der Waals surface area contributed by atoms with E-state index in [1.807, 2.05) is 13.8 Å². The fourth-order valence-corrected chi connectivity index (χ4v) is 1.30. The number of aliphatic hydroxyl groups excluding tert-OH is 2. The largest absolute Gasteiger partial charge is 0.394 e. The third-order valence-corrected chi connectivity index (χ3v) is 2.21. The smallest absolute Gasteiger partial charge is 0.148 e. The molecule has 0 aliphatic carbocycles. The minimum Gasteiger partial charge on any atom is -0.394 e. The average Bonchev–Trinajstić information content (AvgIpc) is 2.49. The van der Waals surface area contributed by atoms with E-state index >= 15 is 0 Å². The first-order valence-electron chi connectivity index (χ1n) is 5.35. The third kappa shape index (κ3) is 3.11. The van der Waals surface area contributed by atoms with Crippen LogP contribution in [0.5, 0.6) is 0 Å². The summed E-state index contributed by atoms with van der Waals surface area (Å²) in [6, 6.07) is 0.224. The van der Waals surface area contributed by atoms with Gasteiger partial charge in [0.05, 0.1) is 30.6 Å². The molecule has 1 heterocycles. The van der Waals surface area contributed by atoms with Crippen molar-refractivity contribution in [3.05, 3.63) is 6.20 Å². The number of hydrogen-bond acceptors (Lipinski definition) is 5. The van der Waals surface area contributed by atoms with Gasteiger partial charge in [-0.15, -0.1) is 0 Å². The Kier molecular flexibility index (Phi) is 4.14. The Balaban J connectivity index is 2.80. The van der Waals surface area contributed by atoms with Crippen molar-refractivity contribution in [2.45, 2.75) is 45.6 Å². The highest BCUT2D eigenvalue weighted by Gasteiger charge is 2.16. The van der Waals surface area contributed by atoms with Crippen molar-refractivity contribution in [1.82, 2.24) is 9.78 Å². The molecule has 0 fully saturated rings. The van der Waals surface area contributed by atoms with Gasteiger partial charge in [0.1, 0.15) is 5.82 Å². The third-order valence-electron chi connectivity index (χ3n) is 2.21. The van der Waals surface area contributed by atoms with Crippen LogP contribution in [0.1, 0.15) is 20.8 Å². The van der Waals surface area contributed by atoms with Gasteiger partial charge in [-0.05, 0) is 20.8 Å². The SMILES string of the molecule is CC(C)Nc1c(N)cnn1CC(O)C(C)O. The molecular weight excluding hydrogens is 208 g/mol. The number of rotatable bonds is 5. The lowest BCUT2D eigenvalue weighted by Crippen LogP contribution is -2.29. The maximum Gasteiger partial charge on any atom is 0.148 e. The molecule has 92 valence electrons. The van der Waals surface area contributed by atoms with E-state index in [1.54, 1.807) is 4.68 Å². The van der Waals surface area contributed by atoms with E-state index in [0.717, 1.165) is 0 Å². The van der Waals surface area contributed by atoms with Crippen LogP contribution in [0.3, 0.4) is 0 Å². The molecule has 1 aromatic rings. The molecule has 0 saturated carbocycles. The highest BCUT2D eigenvalue weighted by atomic mass is 16.3. The van der Waals surface area contributed by atoms with E-state index < -0.39 is 12.2 Å². The Bertz CT molecular complexity index is 336. The van der Waals surface area contributed by atoms with Crippen LogP contribution >= 0.6 is 0 Å². The Morgan fingerprint density at radius 1 is 1.44 bits per heavy atom. The zero-order valence-corrected chi connectivity index (χ0v) is 9.88. The highest BCUT2D eigenvalue weighted by molar-refractivity contribution is 5.60. The van der Waals surface area contributed by atoms with Gasteiger partial charge in [-0.3, -0.25) is 0 Å². The Labute approximate surface area is 95.1 Å². The Morgan fingerprint density at radius 3 is 2.56 bits per heavy atom. The first-order valence-corrected chi connectivity index (χ1v) is 5.35. The number of nitrogen functional groups attached to an aromatic ring is 1. The molecule has 0 saturated heterocycles. The minimum absolute atomic E-state index is 0.212. The molecule has 0 bridgehead atoms. The first kappa shape index (κ1) is 12.8. The molecule has 0 radical (unpaired) electrons. The second-order valence-electron chi connectivity index (χ2n) is 4.24. The lowest BCUT2D eigenvalue weighted by atomic mass is 10.2. The van der Waals surface area contributed by atoms with Gasteiger partial charge in [0.2, 0.25) is 0 Å². The molecule has 2 atom stereocenters. The topological polar surface area (TPSA) is 96.3 Å². The number of nitrogens with zero attached hydrogens (tertiary/aromatic N) is 2. The van der Waals surface area contributed by atoms with Gasteiger partial charge in [0.15, 0.2) is 0 Å². The maximum absolute atomic E-state index is 9.57. The fourth-order valence-electron chi connectivity index (χ4n) is 1.30. The van der Waals surface area contributed by atoms with Gasteiger partial charge < -0.3 is 21.3 Å². The highest BCUT2D eigenvalue weighted by Crippen LogP contribution is 2.19. The summed E-state index contributed by atoms with van der Waals surface area (Å²) in [5.41, 5.74) is 6.29. The van der Waals surface area contributed by atoms with Crippen LogP contribution in [0.4, 0.5) is 11.5 Å². The molecule has 0 aliphatic heterocycles. The van der Waals surface area contributed by atoms with E-state index in [1.165, 1.54) is 13.1 Å². The van der Waals surface area contributed by atoms with E-state index in [0.29, 0.717) is 11.5 Å². The quantitative estimate of drug-likeness (QED) is 0.570. The minimum atomic E-state index is -0.855. The normalized spacial score (nSPS) is 15.1. The summed E-state index contributed by atoms with van der Waals surface area (Å²) in [5.74, 6) is 0.676. The van der Waals surface area contributed by atoms with Crippen molar-refractivity contribution in [2.75, 3.05) is 11.1 Å². The maximum atomic E-state index is 9.57. The molecule has 1 rings (SSSR count). The van der Waals surface area contributed by atoms with Crippen molar-refractivity contribution in [3.63, 3.8) is 0 Å². The predicted octanol–water partition coefficient (Wildman–Crippen LogP) is 0.0273. The van der Waals surface area contributed by atoms with Crippen molar-refractivity contribution in [1.29, 1.82) is 0 Å². The summed E-state index contributed by atoms with van der Waals surface area (Å²) in [6.45, 7) is 5.72. The molecule has 16 heavy (non-hydrogen) atoms. The number of hydrogen-bond donors (Lipinski definition) is 4. The van der Waals surface area contributed by atoms with E-state index in [2.05, 4.69) is 10.4 Å². The van der Waals surface area contributed by atoms with Crippen LogP contribution in [0.2, 0.25) is 0 Å². The summed E-state index contributed by atoms with van der Waals surface area (Å²) in [5, 5.41) is 26.0. The molecular formula is C10H20N4O2. The standard InChI is InChI=1S/C10H20N4O2/c1-6(2)13-10-8(11)4-12-14(10)5-9(16)7(3)15/h4,6-7,9,13,15-16H,5,11H2,1-3H3. The van der Waals surface area contributed by atoms with Gasteiger partial charge in [-0.25, -0.2) is 4.68 Å². The van der Waals surface area contributed by atoms with E-state index in [-0.39, 0.29) is 12.6 Å². The number of nitrogens with one attached hydrogen (secondary N) is 1. The summed E-state index contributed by atoms with van der Waals surface area (Å²) in [6.07, 6.45) is -0.122. The van der Waals surface area contributed by atoms with Gasteiger partial charge >= 0.3 is 0 Å². The van der Waals surface area contributed by atoms with Gasteiger partial charge in [0.25, 0.3) is 0 Å². The summed E-state index contributed by atoms with van der Waals surface area (Å²) < 4.78 is 1.56. The lowest BCUT2D eigenvalue weighted by molar-refractivity contribution is 0.0190. The van der Waals surface area contributed by atoms with Crippen LogP contribution in [0, 0.1) is 0 Å². The Hall–Kier alpha value is -1.27. The van der Waals surface area contributed by atoms with Gasteiger partial charge in [0, 0.05) is 6.04 Å². The monoisotopic (exact) mass is 228 g/mol. The van der Waals surface area contributed by atoms with Crippen LogP contribution in [-0.2, 0) is 6.54 Å². The number of aromatic nitrogens is 2. The lowest BCUT2D eigenvalue weighted by Gasteiger charge is -2.17. The molecule has 6 heteroatoms. The van der Waals surface area contributed by atoms with Crippen LogP contribution in [-0.4, -0.2) is 38.2 Å². The molecule has 2 unspecified atom stereocenters. The first-order chi connectivity index (χ1) is 7.41. The zero-order chi connectivity index (χ0) is 12.3. The van der Waals surface area contributed by atoms with Crippen molar-refractivity contribution in [2.24, 2.45) is 0 Å². The summed E-state index contributed by atoms with van der Waals surface area (Å²) in [4.78, 5) is 0. The average molecular weight is 228 g/mol. The molecule has 0 amide bonds. The summed E-state index contributed by atoms with van der Waals surface area (Å²) in [7, 11) is 0. The van der Waals surface area contributed by atoms with Crippen molar-refractivity contribution >= 4 is 11.5 Å². The molecule has 5 N–H and O–H groups in total. The number of nitrogens with two attached hydrogens (primary N) is 1. The van der Waals surface area contributed by atoms with Crippen LogP contribution in [0.25, 0.3) is 0 Å². The number of aliphatic hydroxyl groups is 2. The number of anilines is 2. The van der Waals surface area contributed by atoms with Gasteiger partial charge in [-0.2, -0.15) is 5.10 Å². The molecule has 0 spiro atoms. The molecule has 6 nitrogen and oxygen atoms in total. The van der Waals surface area contributed by atoms with Crippen LogP contribution in [0.15, 0.2) is 6.20 Å². The van der Waals surface area contributed by atoms with Gasteiger partial charge in [-0.1, -0.05) is 0 Å². The molecule has 0 aliphatic rings. The second kappa shape index (κ2) is 5.18. The molecule has 0 aromatic carbocycles. The van der Waals surface area contributed by atoms with Crippen LogP contribution < -0.4 is 11.1 Å². The van der Waals surface area contributed by atoms with E-state index in [9.17, 15) is 10.2 Å². The zero-order valence-electron chi connectivity index (χ0n) is 9.88.